The van der Waals surface area contributed by atoms with Gasteiger partial charge in [0.25, 0.3) is 6.43 Å². The van der Waals surface area contributed by atoms with Crippen LogP contribution in [0.2, 0.25) is 0 Å². The molecule has 0 radical (unpaired) electrons. The summed E-state index contributed by atoms with van der Waals surface area (Å²) in [4.78, 5) is -0.0754. The van der Waals surface area contributed by atoms with Crippen molar-refractivity contribution in [2.75, 3.05) is 0 Å². The molecular weight excluding hydrogens is 340 g/mol. The van der Waals surface area contributed by atoms with E-state index in [0.29, 0.717) is 22.7 Å². The summed E-state index contributed by atoms with van der Waals surface area (Å²) in [7, 11) is -3.83. The molecule has 0 atom stereocenters. The molecular formula is C15H13F2N3O3S. The number of halogens is 2. The van der Waals surface area contributed by atoms with Crippen LogP contribution in [0.4, 0.5) is 8.78 Å². The number of furan rings is 1. The third-order valence-electron chi connectivity index (χ3n) is 3.50. The zero-order valence-electron chi connectivity index (χ0n) is 12.5. The van der Waals surface area contributed by atoms with E-state index in [2.05, 4.69) is 5.10 Å². The van der Waals surface area contributed by atoms with Gasteiger partial charge in [0, 0.05) is 5.56 Å². The number of benzene rings is 1. The van der Waals surface area contributed by atoms with Gasteiger partial charge in [0.05, 0.1) is 22.5 Å². The van der Waals surface area contributed by atoms with E-state index >= 15 is 0 Å². The number of primary sulfonamides is 1. The molecule has 0 bridgehead atoms. The van der Waals surface area contributed by atoms with Gasteiger partial charge in [-0.2, -0.15) is 5.10 Å². The van der Waals surface area contributed by atoms with E-state index in [-0.39, 0.29) is 10.6 Å². The summed E-state index contributed by atoms with van der Waals surface area (Å²) in [5.74, 6) is 0.554. The van der Waals surface area contributed by atoms with E-state index in [1.807, 2.05) is 0 Å². The van der Waals surface area contributed by atoms with Gasteiger partial charge in [-0.3, -0.25) is 0 Å². The molecule has 0 aliphatic rings. The van der Waals surface area contributed by atoms with Crippen LogP contribution in [-0.2, 0) is 10.0 Å². The molecule has 2 N–H and O–H groups in total. The van der Waals surface area contributed by atoms with Crippen LogP contribution in [0, 0.1) is 6.92 Å². The van der Waals surface area contributed by atoms with Crippen LogP contribution in [0.1, 0.15) is 17.9 Å². The second-order valence-electron chi connectivity index (χ2n) is 5.10. The normalized spacial score (nSPS) is 12.0. The summed E-state index contributed by atoms with van der Waals surface area (Å²) >= 11 is 0. The molecule has 1 aromatic carbocycles. The van der Waals surface area contributed by atoms with Crippen molar-refractivity contribution in [3.05, 3.63) is 54.1 Å². The zero-order valence-corrected chi connectivity index (χ0v) is 13.3. The van der Waals surface area contributed by atoms with Crippen molar-refractivity contribution in [1.29, 1.82) is 0 Å². The van der Waals surface area contributed by atoms with Crippen molar-refractivity contribution in [2.24, 2.45) is 5.14 Å². The zero-order chi connectivity index (χ0) is 17.5. The lowest BCUT2D eigenvalue weighted by Crippen LogP contribution is -2.12. The number of sulfonamides is 1. The summed E-state index contributed by atoms with van der Waals surface area (Å²) in [6, 6.07) is 8.40. The molecule has 0 unspecified atom stereocenters. The predicted octanol–water partition coefficient (Wildman–Crippen LogP) is 3.03. The van der Waals surface area contributed by atoms with E-state index in [1.165, 1.54) is 41.3 Å². The Bertz CT molecular complexity index is 976. The van der Waals surface area contributed by atoms with Gasteiger partial charge in [0.15, 0.2) is 0 Å². The second kappa shape index (κ2) is 5.84. The van der Waals surface area contributed by atoms with E-state index in [1.54, 1.807) is 13.0 Å². The fourth-order valence-electron chi connectivity index (χ4n) is 2.32. The molecule has 126 valence electrons. The number of rotatable bonds is 4. The van der Waals surface area contributed by atoms with Gasteiger partial charge < -0.3 is 4.42 Å². The number of alkyl halides is 2. The van der Waals surface area contributed by atoms with E-state index in [0.717, 1.165) is 0 Å². The molecule has 0 saturated carbocycles. The van der Waals surface area contributed by atoms with Crippen molar-refractivity contribution in [3.8, 4) is 16.9 Å². The van der Waals surface area contributed by atoms with Gasteiger partial charge in [0.2, 0.25) is 10.0 Å². The molecule has 0 saturated heterocycles. The number of hydrogen-bond acceptors (Lipinski definition) is 4. The highest BCUT2D eigenvalue weighted by Crippen LogP contribution is 2.30. The van der Waals surface area contributed by atoms with Crippen molar-refractivity contribution >= 4 is 10.0 Å². The lowest BCUT2D eigenvalue weighted by molar-refractivity contribution is 0.145. The first-order valence-electron chi connectivity index (χ1n) is 6.83. The van der Waals surface area contributed by atoms with Gasteiger partial charge in [-0.05, 0) is 43.3 Å². The Kier molecular flexibility index (Phi) is 3.98. The fraction of sp³-hybridized carbons (Fsp3) is 0.133. The molecule has 6 nitrogen and oxygen atoms in total. The molecule has 0 aliphatic heterocycles. The lowest BCUT2D eigenvalue weighted by atomic mass is 10.1. The van der Waals surface area contributed by atoms with Crippen LogP contribution >= 0.6 is 0 Å². The number of nitrogens with two attached hydrogens (primary N) is 1. The standard InChI is InChI=1S/C15H13F2N3O3S/c1-9-12(6-7-23-9)14-8-13(15(16)17)19-20(14)10-2-4-11(5-3-10)24(18,21)22/h2-8,15H,1H3,(H2,18,21,22). The van der Waals surface area contributed by atoms with Gasteiger partial charge >= 0.3 is 0 Å². The summed E-state index contributed by atoms with van der Waals surface area (Å²) in [6.07, 6.45) is -1.28. The Morgan fingerprint density at radius 3 is 2.38 bits per heavy atom. The van der Waals surface area contributed by atoms with Gasteiger partial charge in [0.1, 0.15) is 11.5 Å². The van der Waals surface area contributed by atoms with Crippen LogP contribution in [0.15, 0.2) is 52.0 Å². The molecule has 24 heavy (non-hydrogen) atoms. The largest absolute Gasteiger partial charge is 0.469 e. The van der Waals surface area contributed by atoms with Crippen molar-refractivity contribution in [3.63, 3.8) is 0 Å². The third-order valence-corrected chi connectivity index (χ3v) is 4.43. The number of nitrogens with zero attached hydrogens (tertiary/aromatic N) is 2. The number of hydrogen-bond donors (Lipinski definition) is 1. The molecule has 0 fully saturated rings. The van der Waals surface area contributed by atoms with E-state index in [4.69, 9.17) is 9.56 Å². The summed E-state index contributed by atoms with van der Waals surface area (Å²) in [5.41, 5.74) is 1.07. The lowest BCUT2D eigenvalue weighted by Gasteiger charge is -2.07. The quantitative estimate of drug-likeness (QED) is 0.780. The van der Waals surface area contributed by atoms with Gasteiger partial charge in [-0.25, -0.2) is 27.0 Å². The molecule has 2 heterocycles. The highest BCUT2D eigenvalue weighted by molar-refractivity contribution is 7.89. The van der Waals surface area contributed by atoms with Crippen LogP contribution in [0.3, 0.4) is 0 Å². The minimum absolute atomic E-state index is 0.0754. The predicted molar refractivity (Wildman–Crippen MR) is 82.3 cm³/mol. The Morgan fingerprint density at radius 2 is 1.88 bits per heavy atom. The topological polar surface area (TPSA) is 91.1 Å². The SMILES string of the molecule is Cc1occc1-c1cc(C(F)F)nn1-c1ccc(S(N)(=O)=O)cc1. The summed E-state index contributed by atoms with van der Waals surface area (Å²) < 4.78 is 55.3. The van der Waals surface area contributed by atoms with E-state index < -0.39 is 16.4 Å². The third kappa shape index (κ3) is 2.95. The average molecular weight is 353 g/mol. The van der Waals surface area contributed by atoms with Crippen molar-refractivity contribution in [1.82, 2.24) is 9.78 Å². The molecule has 3 rings (SSSR count). The maximum Gasteiger partial charge on any atom is 0.282 e. The van der Waals surface area contributed by atoms with Gasteiger partial charge in [-0.15, -0.1) is 0 Å². The van der Waals surface area contributed by atoms with Crippen molar-refractivity contribution < 1.29 is 21.6 Å². The fourth-order valence-corrected chi connectivity index (χ4v) is 2.84. The first-order valence-corrected chi connectivity index (χ1v) is 8.38. The highest BCUT2D eigenvalue weighted by Gasteiger charge is 2.20. The molecule has 2 aromatic heterocycles. The van der Waals surface area contributed by atoms with Crippen LogP contribution in [0.25, 0.3) is 16.9 Å². The monoisotopic (exact) mass is 353 g/mol. The Balaban J connectivity index is 2.15. The maximum absolute atomic E-state index is 13.0. The van der Waals surface area contributed by atoms with E-state index in [9.17, 15) is 17.2 Å². The Morgan fingerprint density at radius 1 is 1.21 bits per heavy atom. The number of aromatic nitrogens is 2. The number of aryl methyl sites for hydroxylation is 1. The average Bonchev–Trinajstić information content (AvgIpc) is 3.12. The van der Waals surface area contributed by atoms with Crippen LogP contribution in [0.5, 0.6) is 0 Å². The molecule has 0 amide bonds. The molecule has 9 heteroatoms. The second-order valence-corrected chi connectivity index (χ2v) is 6.66. The first kappa shape index (κ1) is 16.3. The van der Waals surface area contributed by atoms with Crippen LogP contribution < -0.4 is 5.14 Å². The first-order chi connectivity index (χ1) is 11.3. The summed E-state index contributed by atoms with van der Waals surface area (Å²) in [5, 5.41) is 8.97. The highest BCUT2D eigenvalue weighted by atomic mass is 32.2. The minimum atomic E-state index is -3.83. The van der Waals surface area contributed by atoms with Crippen molar-refractivity contribution in [2.45, 2.75) is 18.2 Å². The Labute approximate surface area is 136 Å². The Hall–Kier alpha value is -2.52. The minimum Gasteiger partial charge on any atom is -0.469 e. The summed E-state index contributed by atoms with van der Waals surface area (Å²) in [6.45, 7) is 1.71. The maximum atomic E-state index is 13.0. The molecule has 0 aliphatic carbocycles. The van der Waals surface area contributed by atoms with Gasteiger partial charge in [-0.1, -0.05) is 0 Å². The smallest absolute Gasteiger partial charge is 0.282 e. The molecule has 0 spiro atoms. The van der Waals surface area contributed by atoms with Crippen LogP contribution in [-0.4, -0.2) is 18.2 Å². The molecule has 3 aromatic rings.